The van der Waals surface area contributed by atoms with Gasteiger partial charge in [-0.3, -0.25) is 14.5 Å². The monoisotopic (exact) mass is 488 g/mol. The van der Waals surface area contributed by atoms with Crippen molar-refractivity contribution in [1.29, 1.82) is 0 Å². The zero-order valence-corrected chi connectivity index (χ0v) is 20.4. The molecule has 176 valence electrons. The molecule has 1 saturated heterocycles. The van der Waals surface area contributed by atoms with Crippen molar-refractivity contribution in [3.8, 4) is 0 Å². The van der Waals surface area contributed by atoms with Gasteiger partial charge < -0.3 is 4.57 Å². The number of fused-ring (bicyclic) bond motifs is 2. The van der Waals surface area contributed by atoms with Crippen LogP contribution in [0.2, 0.25) is 0 Å². The van der Waals surface area contributed by atoms with Crippen LogP contribution >= 0.6 is 11.8 Å². The zero-order valence-electron chi connectivity index (χ0n) is 19.6. The number of hydrogen-bond donors (Lipinski definition) is 0. The average Bonchev–Trinajstić information content (AvgIpc) is 3.39. The van der Waals surface area contributed by atoms with Crippen LogP contribution in [0.1, 0.15) is 16.7 Å². The van der Waals surface area contributed by atoms with Crippen LogP contribution in [-0.4, -0.2) is 27.2 Å². The number of nitrogens with zero attached hydrogens (tertiary/aromatic N) is 2. The molecule has 0 spiro atoms. The largest absolute Gasteiger partial charge is 0.342 e. The first-order valence-electron chi connectivity index (χ1n) is 12.0. The van der Waals surface area contributed by atoms with Crippen LogP contribution in [0, 0.1) is 0 Å². The predicted molar refractivity (Wildman–Crippen MR) is 148 cm³/mol. The highest BCUT2D eigenvalue weighted by molar-refractivity contribution is 8.18. The summed E-state index contributed by atoms with van der Waals surface area (Å²) in [5, 5.41) is 3.30. The van der Waals surface area contributed by atoms with Crippen LogP contribution in [0.25, 0.3) is 27.8 Å². The van der Waals surface area contributed by atoms with Crippen molar-refractivity contribution in [3.05, 3.63) is 125 Å². The van der Waals surface area contributed by atoms with E-state index in [9.17, 15) is 9.59 Å². The molecule has 0 unspecified atom stereocenters. The van der Waals surface area contributed by atoms with Gasteiger partial charge in [0, 0.05) is 35.8 Å². The molecule has 2 heterocycles. The summed E-state index contributed by atoms with van der Waals surface area (Å²) in [4.78, 5) is 27.6. The van der Waals surface area contributed by atoms with Gasteiger partial charge in [0.25, 0.3) is 11.1 Å². The van der Waals surface area contributed by atoms with Gasteiger partial charge in [0.1, 0.15) is 0 Å². The maximum absolute atomic E-state index is 13.1. The third-order valence-electron chi connectivity index (χ3n) is 6.61. The molecule has 4 aromatic carbocycles. The van der Waals surface area contributed by atoms with Gasteiger partial charge in [0.2, 0.25) is 0 Å². The summed E-state index contributed by atoms with van der Waals surface area (Å²) < 4.78 is 2.21. The Bertz CT molecular complexity index is 1630. The lowest BCUT2D eigenvalue weighted by atomic mass is 10.1. The Morgan fingerprint density at radius 3 is 2.36 bits per heavy atom. The van der Waals surface area contributed by atoms with E-state index in [0.29, 0.717) is 17.9 Å². The van der Waals surface area contributed by atoms with Gasteiger partial charge in [-0.25, -0.2) is 0 Å². The highest BCUT2D eigenvalue weighted by Crippen LogP contribution is 2.34. The van der Waals surface area contributed by atoms with Gasteiger partial charge in [-0.15, -0.1) is 0 Å². The highest BCUT2D eigenvalue weighted by Gasteiger charge is 2.34. The Morgan fingerprint density at radius 1 is 0.750 bits per heavy atom. The maximum atomic E-state index is 13.1. The first kappa shape index (κ1) is 22.4. The number of benzene rings is 4. The fourth-order valence-corrected chi connectivity index (χ4v) is 5.63. The van der Waals surface area contributed by atoms with Crippen LogP contribution < -0.4 is 0 Å². The van der Waals surface area contributed by atoms with Crippen LogP contribution in [0.4, 0.5) is 4.79 Å². The Balaban J connectivity index is 1.28. The Morgan fingerprint density at radius 2 is 1.50 bits per heavy atom. The van der Waals surface area contributed by atoms with Gasteiger partial charge in [-0.05, 0) is 58.3 Å². The van der Waals surface area contributed by atoms with Gasteiger partial charge in [0.15, 0.2) is 0 Å². The van der Waals surface area contributed by atoms with Crippen molar-refractivity contribution in [1.82, 2.24) is 9.47 Å². The summed E-state index contributed by atoms with van der Waals surface area (Å²) in [5.41, 5.74) is 4.36. The third kappa shape index (κ3) is 4.34. The molecule has 1 aromatic heterocycles. The molecule has 1 fully saturated rings. The highest BCUT2D eigenvalue weighted by atomic mass is 32.2. The standard InChI is InChI=1S/C31H24N2O2S/c34-30-29(36-31(35)33(30)17-16-22-8-2-1-3-9-22)19-26-21-32(28-13-7-6-12-27(26)28)20-23-14-15-24-10-4-5-11-25(24)18-23/h1-15,18-19,21H,16-17,20H2/b29-19-. The zero-order chi connectivity index (χ0) is 24.5. The molecule has 2 amide bonds. The number of rotatable bonds is 6. The van der Waals surface area contributed by atoms with Gasteiger partial charge >= 0.3 is 0 Å². The summed E-state index contributed by atoms with van der Waals surface area (Å²) in [6.07, 6.45) is 4.60. The number of carbonyl (C=O) groups is 2. The second-order valence-electron chi connectivity index (χ2n) is 8.98. The lowest BCUT2D eigenvalue weighted by Gasteiger charge is -2.12. The fraction of sp³-hybridized carbons (Fsp3) is 0.0968. The molecule has 0 radical (unpaired) electrons. The van der Waals surface area contributed by atoms with E-state index >= 15 is 0 Å². The quantitative estimate of drug-likeness (QED) is 0.239. The van der Waals surface area contributed by atoms with Crippen molar-refractivity contribution in [2.45, 2.75) is 13.0 Å². The van der Waals surface area contributed by atoms with Crippen LogP contribution in [-0.2, 0) is 17.8 Å². The molecule has 0 saturated carbocycles. The SMILES string of the molecule is O=C1S/C(=C\c2cn(Cc3ccc4ccccc4c3)c3ccccc23)C(=O)N1CCc1ccccc1. The van der Waals surface area contributed by atoms with E-state index in [-0.39, 0.29) is 11.1 Å². The van der Waals surface area contributed by atoms with E-state index in [1.165, 1.54) is 21.2 Å². The lowest BCUT2D eigenvalue weighted by molar-refractivity contribution is -0.122. The van der Waals surface area contributed by atoms with Crippen molar-refractivity contribution in [2.24, 2.45) is 0 Å². The summed E-state index contributed by atoms with van der Waals surface area (Å²) in [5.74, 6) is -0.215. The molecular weight excluding hydrogens is 464 g/mol. The molecule has 36 heavy (non-hydrogen) atoms. The number of aromatic nitrogens is 1. The van der Waals surface area contributed by atoms with Gasteiger partial charge in [-0.2, -0.15) is 0 Å². The Labute approximate surface area is 213 Å². The van der Waals surface area contributed by atoms with Crippen molar-refractivity contribution < 1.29 is 9.59 Å². The molecule has 0 N–H and O–H groups in total. The molecule has 0 atom stereocenters. The fourth-order valence-electron chi connectivity index (χ4n) is 4.77. The minimum absolute atomic E-state index is 0.206. The first-order valence-corrected chi connectivity index (χ1v) is 12.8. The minimum atomic E-state index is -0.215. The topological polar surface area (TPSA) is 42.3 Å². The second kappa shape index (κ2) is 9.51. The normalized spacial score (nSPS) is 15.0. The van der Waals surface area contributed by atoms with Crippen LogP contribution in [0.15, 0.2) is 108 Å². The van der Waals surface area contributed by atoms with E-state index < -0.39 is 0 Å². The summed E-state index contributed by atoms with van der Waals surface area (Å²) in [6, 6.07) is 33.0. The minimum Gasteiger partial charge on any atom is -0.342 e. The molecule has 1 aliphatic heterocycles. The van der Waals surface area contributed by atoms with E-state index in [1.54, 1.807) is 0 Å². The molecule has 6 rings (SSSR count). The Hall–Kier alpha value is -4.09. The lowest BCUT2D eigenvalue weighted by Crippen LogP contribution is -2.30. The van der Waals surface area contributed by atoms with Crippen molar-refractivity contribution in [3.63, 3.8) is 0 Å². The average molecular weight is 489 g/mol. The van der Waals surface area contributed by atoms with Crippen molar-refractivity contribution in [2.75, 3.05) is 6.54 Å². The van der Waals surface area contributed by atoms with Gasteiger partial charge in [0.05, 0.1) is 4.91 Å². The second-order valence-corrected chi connectivity index (χ2v) is 9.97. The predicted octanol–water partition coefficient (Wildman–Crippen LogP) is 7.12. The molecule has 0 bridgehead atoms. The summed E-state index contributed by atoms with van der Waals surface area (Å²) >= 11 is 1.02. The van der Waals surface area contributed by atoms with Crippen LogP contribution in [0.5, 0.6) is 0 Å². The van der Waals surface area contributed by atoms with Gasteiger partial charge in [-0.1, -0.05) is 84.9 Å². The summed E-state index contributed by atoms with van der Waals surface area (Å²) in [7, 11) is 0. The molecule has 5 heteroatoms. The van der Waals surface area contributed by atoms with E-state index in [2.05, 4.69) is 65.4 Å². The number of imide groups is 1. The van der Waals surface area contributed by atoms with E-state index in [0.717, 1.165) is 40.3 Å². The van der Waals surface area contributed by atoms with E-state index in [4.69, 9.17) is 0 Å². The van der Waals surface area contributed by atoms with Crippen LogP contribution in [0.3, 0.4) is 0 Å². The summed E-state index contributed by atoms with van der Waals surface area (Å²) in [6.45, 7) is 1.10. The smallest absolute Gasteiger partial charge is 0.293 e. The molecular formula is C31H24N2O2S. The maximum Gasteiger partial charge on any atom is 0.293 e. The molecule has 5 aromatic rings. The van der Waals surface area contributed by atoms with E-state index in [1.807, 2.05) is 48.5 Å². The number of thioether (sulfide) groups is 1. The molecule has 4 nitrogen and oxygen atoms in total. The van der Waals surface area contributed by atoms with Crippen molar-refractivity contribution >= 4 is 50.7 Å². The number of carbonyl (C=O) groups excluding carboxylic acids is 2. The molecule has 1 aliphatic rings. The Kier molecular flexibility index (Phi) is 5.91. The molecule has 0 aliphatic carbocycles. The first-order chi connectivity index (χ1) is 17.7. The number of hydrogen-bond acceptors (Lipinski definition) is 3. The third-order valence-corrected chi connectivity index (χ3v) is 7.52. The number of amides is 2. The number of para-hydroxylation sites is 1.